The highest BCUT2D eigenvalue weighted by Gasteiger charge is 2.29. The Bertz CT molecular complexity index is 1250. The van der Waals surface area contributed by atoms with E-state index in [0.717, 1.165) is 5.56 Å². The highest BCUT2D eigenvalue weighted by Crippen LogP contribution is 2.36. The number of anilines is 2. The van der Waals surface area contributed by atoms with Crippen LogP contribution in [0.15, 0.2) is 34.4 Å². The van der Waals surface area contributed by atoms with Gasteiger partial charge in [0.1, 0.15) is 8.07 Å². The van der Waals surface area contributed by atoms with Crippen LogP contribution in [0.4, 0.5) is 11.6 Å². The summed E-state index contributed by atoms with van der Waals surface area (Å²) in [7, 11) is 4.42. The fraction of sp³-hybridized carbons (Fsp3) is 0.261. The van der Waals surface area contributed by atoms with Crippen molar-refractivity contribution < 1.29 is 28.2 Å². The van der Waals surface area contributed by atoms with Crippen molar-refractivity contribution in [2.45, 2.75) is 13.1 Å². The van der Waals surface area contributed by atoms with Crippen LogP contribution in [0.1, 0.15) is 16.1 Å². The second-order valence-corrected chi connectivity index (χ2v) is 12.3. The van der Waals surface area contributed by atoms with E-state index in [1.54, 1.807) is 20.2 Å². The average molecular weight is 483 g/mol. The fourth-order valence-corrected chi connectivity index (χ4v) is 5.79. The van der Waals surface area contributed by atoms with Crippen LogP contribution in [-0.2, 0) is 0 Å². The van der Waals surface area contributed by atoms with Gasteiger partial charge in [-0.05, 0) is 28.9 Å². The maximum absolute atomic E-state index is 12.9. The van der Waals surface area contributed by atoms with Gasteiger partial charge in [-0.25, -0.2) is 0 Å². The molecule has 2 aromatic heterocycles. The molecule has 0 bridgehead atoms. The largest absolute Gasteiger partial charge is 0.493 e. The molecule has 1 amide bonds. The number of ether oxygens (including phenoxy) is 4. The first-order chi connectivity index (χ1) is 16.3. The average Bonchev–Trinajstić information content (AvgIpc) is 3.42. The lowest BCUT2D eigenvalue weighted by Gasteiger charge is -2.18. The van der Waals surface area contributed by atoms with E-state index in [9.17, 15) is 4.79 Å². The molecule has 0 saturated carbocycles. The van der Waals surface area contributed by atoms with Crippen LogP contribution in [0.2, 0.25) is 13.1 Å². The van der Waals surface area contributed by atoms with Crippen LogP contribution in [0.25, 0.3) is 6.08 Å². The SMILES string of the molecule is CNc1nc(OC)c(NC(=O)c2ccc(Oc3cc4c(cc3OC)C=C[Si]4(C)C)o2)c(OC)n1. The van der Waals surface area contributed by atoms with E-state index in [0.29, 0.717) is 11.5 Å². The summed E-state index contributed by atoms with van der Waals surface area (Å²) in [6.45, 7) is 4.52. The van der Waals surface area contributed by atoms with Gasteiger partial charge in [-0.15, -0.1) is 0 Å². The number of furan rings is 1. The van der Waals surface area contributed by atoms with E-state index in [2.05, 4.69) is 45.5 Å². The molecular formula is C23H26N4O6Si. The predicted molar refractivity (Wildman–Crippen MR) is 131 cm³/mol. The Morgan fingerprint density at radius 2 is 1.71 bits per heavy atom. The minimum absolute atomic E-state index is 0.0216. The molecule has 0 aliphatic carbocycles. The quantitative estimate of drug-likeness (QED) is 0.464. The Labute approximate surface area is 197 Å². The Morgan fingerprint density at radius 3 is 2.32 bits per heavy atom. The maximum Gasteiger partial charge on any atom is 0.291 e. The zero-order valence-electron chi connectivity index (χ0n) is 19.8. The van der Waals surface area contributed by atoms with Gasteiger partial charge in [0.2, 0.25) is 17.7 Å². The van der Waals surface area contributed by atoms with Gasteiger partial charge < -0.3 is 34.0 Å². The number of rotatable bonds is 8. The molecule has 0 radical (unpaired) electrons. The number of fused-ring (bicyclic) bond motifs is 1. The molecule has 10 nitrogen and oxygen atoms in total. The lowest BCUT2D eigenvalue weighted by atomic mass is 10.2. The second-order valence-electron chi connectivity index (χ2n) is 8.01. The molecule has 0 saturated heterocycles. The van der Waals surface area contributed by atoms with Crippen LogP contribution in [0.5, 0.6) is 29.2 Å². The fourth-order valence-electron chi connectivity index (χ4n) is 3.61. The minimum Gasteiger partial charge on any atom is -0.493 e. The third kappa shape index (κ3) is 4.29. The number of nitrogens with zero attached hydrogens (tertiary/aromatic N) is 2. The molecule has 0 fully saturated rings. The van der Waals surface area contributed by atoms with Gasteiger partial charge in [-0.1, -0.05) is 24.9 Å². The number of carbonyl (C=O) groups is 1. The lowest BCUT2D eigenvalue weighted by molar-refractivity contribution is 0.0990. The standard InChI is InChI=1S/C23H26N4O6Si/c1-24-23-26-21(30-3)19(22(27-23)31-4)25-20(28)14-7-8-18(32-14)33-16-12-17-13(11-15(16)29-2)9-10-34(17,5)6/h7-12H,1-6H3,(H,25,28)(H,24,26,27). The molecule has 34 heavy (non-hydrogen) atoms. The van der Waals surface area contributed by atoms with Crippen molar-refractivity contribution in [3.05, 3.63) is 41.3 Å². The second kappa shape index (κ2) is 9.10. The van der Waals surface area contributed by atoms with E-state index >= 15 is 0 Å². The highest BCUT2D eigenvalue weighted by atomic mass is 28.3. The van der Waals surface area contributed by atoms with Crippen LogP contribution < -0.4 is 34.8 Å². The van der Waals surface area contributed by atoms with Crippen molar-refractivity contribution in [1.29, 1.82) is 0 Å². The molecule has 4 rings (SSSR count). The first-order valence-corrected chi connectivity index (χ1v) is 13.6. The molecule has 11 heteroatoms. The van der Waals surface area contributed by atoms with E-state index < -0.39 is 14.0 Å². The Balaban J connectivity index is 1.57. The van der Waals surface area contributed by atoms with Gasteiger partial charge in [0.15, 0.2) is 22.9 Å². The minimum atomic E-state index is -1.68. The highest BCUT2D eigenvalue weighted by molar-refractivity contribution is 6.96. The molecule has 0 spiro atoms. The zero-order chi connectivity index (χ0) is 24.5. The summed E-state index contributed by atoms with van der Waals surface area (Å²) >= 11 is 0. The van der Waals surface area contributed by atoms with Crippen molar-refractivity contribution in [1.82, 2.24) is 9.97 Å². The van der Waals surface area contributed by atoms with Crippen molar-refractivity contribution in [2.24, 2.45) is 0 Å². The van der Waals surface area contributed by atoms with E-state index in [4.69, 9.17) is 23.4 Å². The molecule has 1 aromatic carbocycles. The number of nitrogens with one attached hydrogen (secondary N) is 2. The molecule has 0 atom stereocenters. The van der Waals surface area contributed by atoms with Gasteiger partial charge in [0, 0.05) is 13.1 Å². The van der Waals surface area contributed by atoms with Gasteiger partial charge in [-0.2, -0.15) is 9.97 Å². The summed E-state index contributed by atoms with van der Waals surface area (Å²) in [6, 6.07) is 7.01. The summed E-state index contributed by atoms with van der Waals surface area (Å²) in [5, 5.41) is 6.73. The van der Waals surface area contributed by atoms with Crippen molar-refractivity contribution in [2.75, 3.05) is 39.0 Å². The Hall–Kier alpha value is -3.99. The molecule has 1 aliphatic heterocycles. The smallest absolute Gasteiger partial charge is 0.291 e. The number of amides is 1. The number of hydrogen-bond acceptors (Lipinski definition) is 9. The first kappa shape index (κ1) is 23.2. The van der Waals surface area contributed by atoms with E-state index in [1.165, 1.54) is 25.5 Å². The van der Waals surface area contributed by atoms with Gasteiger partial charge in [-0.3, -0.25) is 4.79 Å². The van der Waals surface area contributed by atoms with Gasteiger partial charge in [0.05, 0.1) is 21.3 Å². The van der Waals surface area contributed by atoms with Crippen LogP contribution in [-0.4, -0.2) is 52.3 Å². The molecule has 2 N–H and O–H groups in total. The number of carbonyl (C=O) groups excluding carboxylic acids is 1. The summed E-state index contributed by atoms with van der Waals surface area (Å²) < 4.78 is 27.7. The first-order valence-electron chi connectivity index (χ1n) is 10.5. The third-order valence-corrected chi connectivity index (χ3v) is 8.24. The van der Waals surface area contributed by atoms with Crippen molar-refractivity contribution in [3.8, 4) is 29.2 Å². The normalized spacial score (nSPS) is 13.2. The Morgan fingerprint density at radius 1 is 1.00 bits per heavy atom. The monoisotopic (exact) mass is 482 g/mol. The maximum atomic E-state index is 12.9. The van der Waals surface area contributed by atoms with E-state index in [1.807, 2.05) is 12.1 Å². The summed E-state index contributed by atoms with van der Waals surface area (Å²) in [5.41, 5.74) is 3.58. The van der Waals surface area contributed by atoms with Crippen LogP contribution in [0.3, 0.4) is 0 Å². The third-order valence-electron chi connectivity index (χ3n) is 5.42. The molecule has 3 heterocycles. The predicted octanol–water partition coefficient (Wildman–Crippen LogP) is 3.66. The Kier molecular flexibility index (Phi) is 6.20. The topological polar surface area (TPSA) is 117 Å². The van der Waals surface area contributed by atoms with Crippen molar-refractivity contribution >= 4 is 36.9 Å². The molecule has 0 unspecified atom stereocenters. The molecule has 1 aliphatic rings. The molecule has 3 aromatic rings. The van der Waals surface area contributed by atoms with Crippen LogP contribution >= 0.6 is 0 Å². The molecular weight excluding hydrogens is 456 g/mol. The number of methoxy groups -OCH3 is 3. The number of aromatic nitrogens is 2. The van der Waals surface area contributed by atoms with Crippen molar-refractivity contribution in [3.63, 3.8) is 0 Å². The lowest BCUT2D eigenvalue weighted by Crippen LogP contribution is -2.37. The zero-order valence-corrected chi connectivity index (χ0v) is 20.8. The number of benzene rings is 1. The van der Waals surface area contributed by atoms with Gasteiger partial charge >= 0.3 is 0 Å². The van der Waals surface area contributed by atoms with E-state index in [-0.39, 0.29) is 35.1 Å². The van der Waals surface area contributed by atoms with Crippen LogP contribution in [0, 0.1) is 0 Å². The summed E-state index contributed by atoms with van der Waals surface area (Å²) in [6.07, 6.45) is 2.12. The number of hydrogen-bond donors (Lipinski definition) is 2. The summed E-state index contributed by atoms with van der Waals surface area (Å²) in [4.78, 5) is 21.2. The summed E-state index contributed by atoms with van der Waals surface area (Å²) in [5.74, 6) is 1.27. The van der Waals surface area contributed by atoms with Gasteiger partial charge in [0.25, 0.3) is 11.9 Å². The molecule has 178 valence electrons.